The van der Waals surface area contributed by atoms with Crippen LogP contribution in [0.5, 0.6) is 0 Å². The van der Waals surface area contributed by atoms with Crippen LogP contribution in [-0.4, -0.2) is 22.2 Å². The number of pyridine rings is 1. The second-order valence-corrected chi connectivity index (χ2v) is 5.42. The molecule has 1 fully saturated rings. The van der Waals surface area contributed by atoms with E-state index >= 15 is 0 Å². The van der Waals surface area contributed by atoms with Crippen LogP contribution >= 0.6 is 0 Å². The van der Waals surface area contributed by atoms with Gasteiger partial charge in [-0.25, -0.2) is 4.39 Å². The van der Waals surface area contributed by atoms with E-state index < -0.39 is 11.9 Å². The molecule has 0 amide bonds. The highest BCUT2D eigenvalue weighted by atomic mass is 19.1. The van der Waals surface area contributed by atoms with Gasteiger partial charge in [0.05, 0.1) is 12.3 Å². The van der Waals surface area contributed by atoms with Gasteiger partial charge in [0.1, 0.15) is 5.82 Å². The van der Waals surface area contributed by atoms with Crippen LogP contribution < -0.4 is 5.32 Å². The molecule has 19 heavy (non-hydrogen) atoms. The Labute approximate surface area is 114 Å². The standard InChI is InChI=1S/C15H23FN2O/c1-2-5-13-6-3-4-7-14(18-13)15(19)11-8-12(16)10-17-9-11/h8-10,13-15,18-19H,2-7H2,1H3/t13-,14-,15+/m0/s1. The minimum atomic E-state index is -0.680. The summed E-state index contributed by atoms with van der Waals surface area (Å²) in [5.74, 6) is -0.393. The number of hydrogen-bond donors (Lipinski definition) is 2. The summed E-state index contributed by atoms with van der Waals surface area (Å²) in [4.78, 5) is 3.82. The smallest absolute Gasteiger partial charge is 0.141 e. The fourth-order valence-corrected chi connectivity index (χ4v) is 2.87. The number of nitrogens with zero attached hydrogens (tertiary/aromatic N) is 1. The van der Waals surface area contributed by atoms with Crippen LogP contribution in [0.1, 0.15) is 57.1 Å². The van der Waals surface area contributed by atoms with Crippen molar-refractivity contribution in [2.24, 2.45) is 0 Å². The molecule has 1 aromatic rings. The third kappa shape index (κ3) is 3.98. The Morgan fingerprint density at radius 1 is 1.42 bits per heavy atom. The Morgan fingerprint density at radius 3 is 2.95 bits per heavy atom. The van der Waals surface area contributed by atoms with E-state index in [4.69, 9.17) is 0 Å². The number of rotatable bonds is 4. The monoisotopic (exact) mass is 266 g/mol. The lowest BCUT2D eigenvalue weighted by Gasteiger charge is -2.26. The molecule has 4 heteroatoms. The summed E-state index contributed by atoms with van der Waals surface area (Å²) in [6.45, 7) is 2.18. The van der Waals surface area contributed by atoms with Gasteiger partial charge in [-0.05, 0) is 25.3 Å². The molecular formula is C15H23FN2O. The lowest BCUT2D eigenvalue weighted by molar-refractivity contribution is 0.118. The predicted octanol–water partition coefficient (Wildman–Crippen LogP) is 2.96. The molecule has 0 saturated carbocycles. The number of halogens is 1. The van der Waals surface area contributed by atoms with E-state index in [0.29, 0.717) is 11.6 Å². The number of aliphatic hydroxyl groups excluding tert-OH is 1. The summed E-state index contributed by atoms with van der Waals surface area (Å²) in [6, 6.07) is 1.84. The highest BCUT2D eigenvalue weighted by molar-refractivity contribution is 5.15. The molecule has 0 aliphatic carbocycles. The average Bonchev–Trinajstić information content (AvgIpc) is 2.64. The first-order valence-electron chi connectivity index (χ1n) is 7.25. The van der Waals surface area contributed by atoms with Gasteiger partial charge in [0.15, 0.2) is 0 Å². The summed E-state index contributed by atoms with van der Waals surface area (Å²) in [5, 5.41) is 13.9. The normalized spacial score (nSPS) is 25.8. The van der Waals surface area contributed by atoms with Gasteiger partial charge in [-0.3, -0.25) is 4.98 Å². The van der Waals surface area contributed by atoms with E-state index in [-0.39, 0.29) is 6.04 Å². The molecule has 0 unspecified atom stereocenters. The molecule has 2 N–H and O–H groups in total. The van der Waals surface area contributed by atoms with Crippen molar-refractivity contribution in [2.75, 3.05) is 0 Å². The first kappa shape index (κ1) is 14.4. The molecular weight excluding hydrogens is 243 g/mol. The summed E-state index contributed by atoms with van der Waals surface area (Å²) >= 11 is 0. The maximum Gasteiger partial charge on any atom is 0.141 e. The fraction of sp³-hybridized carbons (Fsp3) is 0.667. The van der Waals surface area contributed by atoms with Crippen molar-refractivity contribution in [1.82, 2.24) is 10.3 Å². The molecule has 1 aliphatic rings. The Bertz CT molecular complexity index is 399. The molecule has 0 aromatic carbocycles. The zero-order valence-electron chi connectivity index (χ0n) is 11.5. The Kier molecular flexibility index (Phi) is 5.28. The van der Waals surface area contributed by atoms with E-state index in [9.17, 15) is 9.50 Å². The summed E-state index contributed by atoms with van der Waals surface area (Å²) < 4.78 is 13.2. The molecule has 3 nitrogen and oxygen atoms in total. The maximum absolute atomic E-state index is 13.2. The maximum atomic E-state index is 13.2. The molecule has 3 atom stereocenters. The van der Waals surface area contributed by atoms with Crippen molar-refractivity contribution < 1.29 is 9.50 Å². The van der Waals surface area contributed by atoms with Crippen molar-refractivity contribution >= 4 is 0 Å². The molecule has 0 bridgehead atoms. The minimum Gasteiger partial charge on any atom is -0.387 e. The van der Waals surface area contributed by atoms with Gasteiger partial charge in [0, 0.05) is 23.8 Å². The van der Waals surface area contributed by atoms with Crippen LogP contribution in [0.2, 0.25) is 0 Å². The van der Waals surface area contributed by atoms with Crippen molar-refractivity contribution in [3.05, 3.63) is 29.8 Å². The molecule has 1 aromatic heterocycles. The third-order valence-electron chi connectivity index (χ3n) is 3.85. The Morgan fingerprint density at radius 2 is 2.21 bits per heavy atom. The topological polar surface area (TPSA) is 45.2 Å². The molecule has 0 radical (unpaired) electrons. The molecule has 2 heterocycles. The van der Waals surface area contributed by atoms with E-state index in [1.165, 1.54) is 18.9 Å². The predicted molar refractivity (Wildman–Crippen MR) is 73.2 cm³/mol. The van der Waals surface area contributed by atoms with Crippen LogP contribution in [0, 0.1) is 5.82 Å². The quantitative estimate of drug-likeness (QED) is 0.880. The van der Waals surface area contributed by atoms with Gasteiger partial charge < -0.3 is 10.4 Å². The van der Waals surface area contributed by atoms with Crippen molar-refractivity contribution in [2.45, 2.75) is 63.6 Å². The molecule has 0 spiro atoms. The number of aromatic nitrogens is 1. The van der Waals surface area contributed by atoms with Gasteiger partial charge in [0.25, 0.3) is 0 Å². The number of nitrogens with one attached hydrogen (secondary N) is 1. The van der Waals surface area contributed by atoms with Crippen molar-refractivity contribution in [3.8, 4) is 0 Å². The molecule has 2 rings (SSSR count). The van der Waals surface area contributed by atoms with Crippen LogP contribution in [0.4, 0.5) is 4.39 Å². The summed E-state index contributed by atoms with van der Waals surface area (Å²) in [6.07, 6.45) is 8.70. The molecule has 106 valence electrons. The van der Waals surface area contributed by atoms with Crippen LogP contribution in [-0.2, 0) is 0 Å². The van der Waals surface area contributed by atoms with Crippen LogP contribution in [0.25, 0.3) is 0 Å². The first-order valence-corrected chi connectivity index (χ1v) is 7.25. The van der Waals surface area contributed by atoms with E-state index in [1.54, 1.807) is 6.20 Å². The van der Waals surface area contributed by atoms with Gasteiger partial charge in [-0.1, -0.05) is 26.2 Å². The van der Waals surface area contributed by atoms with Crippen molar-refractivity contribution in [3.63, 3.8) is 0 Å². The zero-order chi connectivity index (χ0) is 13.7. The number of hydrogen-bond acceptors (Lipinski definition) is 3. The zero-order valence-corrected chi connectivity index (χ0v) is 11.5. The average molecular weight is 266 g/mol. The lowest BCUT2D eigenvalue weighted by atomic mass is 9.99. The van der Waals surface area contributed by atoms with E-state index in [1.807, 2.05) is 0 Å². The van der Waals surface area contributed by atoms with Crippen molar-refractivity contribution in [1.29, 1.82) is 0 Å². The molecule has 1 aliphatic heterocycles. The van der Waals surface area contributed by atoms with E-state index in [0.717, 1.165) is 31.9 Å². The number of aliphatic hydroxyl groups is 1. The second-order valence-electron chi connectivity index (χ2n) is 5.42. The largest absolute Gasteiger partial charge is 0.387 e. The third-order valence-corrected chi connectivity index (χ3v) is 3.85. The van der Waals surface area contributed by atoms with Gasteiger partial charge in [0.2, 0.25) is 0 Å². The van der Waals surface area contributed by atoms with Gasteiger partial charge in [-0.2, -0.15) is 0 Å². The molecule has 1 saturated heterocycles. The van der Waals surface area contributed by atoms with E-state index in [2.05, 4.69) is 17.2 Å². The minimum absolute atomic E-state index is 0.00245. The highest BCUT2D eigenvalue weighted by Crippen LogP contribution is 2.25. The summed E-state index contributed by atoms with van der Waals surface area (Å²) in [5.41, 5.74) is 0.564. The van der Waals surface area contributed by atoms with Crippen LogP contribution in [0.3, 0.4) is 0 Å². The lowest BCUT2D eigenvalue weighted by Crippen LogP contribution is -2.40. The first-order chi connectivity index (χ1) is 9.20. The van der Waals surface area contributed by atoms with Gasteiger partial charge in [-0.15, -0.1) is 0 Å². The Hall–Kier alpha value is -1.00. The fourth-order valence-electron chi connectivity index (χ4n) is 2.87. The van der Waals surface area contributed by atoms with Crippen LogP contribution in [0.15, 0.2) is 18.5 Å². The summed E-state index contributed by atoms with van der Waals surface area (Å²) in [7, 11) is 0. The second kappa shape index (κ2) is 6.96. The Balaban J connectivity index is 2.06. The van der Waals surface area contributed by atoms with Gasteiger partial charge >= 0.3 is 0 Å². The SMILES string of the molecule is CCC[C@H]1CCCC[C@@H]([C@H](O)c2cncc(F)c2)N1. The highest BCUT2D eigenvalue weighted by Gasteiger charge is 2.26.